The smallest absolute Gasteiger partial charge is 0.319 e. The molecule has 1 aliphatic rings. The van der Waals surface area contributed by atoms with Crippen molar-refractivity contribution in [2.75, 3.05) is 52.5 Å². The van der Waals surface area contributed by atoms with Gasteiger partial charge in [-0.1, -0.05) is 13.3 Å². The fraction of sp³-hybridized carbons (Fsp3) is 0.923. The van der Waals surface area contributed by atoms with Gasteiger partial charge in [-0.05, 0) is 25.9 Å². The van der Waals surface area contributed by atoms with Crippen LogP contribution in [0, 0.1) is 0 Å². The van der Waals surface area contributed by atoms with Crippen LogP contribution in [-0.2, 0) is 14.3 Å². The molecule has 0 spiro atoms. The molecule has 0 aromatic heterocycles. The highest BCUT2D eigenvalue weighted by molar-refractivity contribution is 5.71. The van der Waals surface area contributed by atoms with Crippen LogP contribution in [0.2, 0.25) is 0 Å². The Morgan fingerprint density at radius 1 is 1.33 bits per heavy atom. The molecule has 0 aliphatic carbocycles. The van der Waals surface area contributed by atoms with Gasteiger partial charge in [0.15, 0.2) is 0 Å². The summed E-state index contributed by atoms with van der Waals surface area (Å²) in [5.74, 6) is -0.144. The lowest BCUT2D eigenvalue weighted by atomic mass is 10.3. The van der Waals surface area contributed by atoms with E-state index in [0.29, 0.717) is 13.2 Å². The number of esters is 1. The molecule has 1 N–H and O–H groups in total. The maximum Gasteiger partial charge on any atom is 0.319 e. The van der Waals surface area contributed by atoms with Crippen molar-refractivity contribution < 1.29 is 14.3 Å². The van der Waals surface area contributed by atoms with Gasteiger partial charge in [-0.2, -0.15) is 0 Å². The number of morpholine rings is 1. The van der Waals surface area contributed by atoms with Crippen molar-refractivity contribution in [3.8, 4) is 0 Å². The van der Waals surface area contributed by atoms with E-state index in [9.17, 15) is 4.79 Å². The Morgan fingerprint density at radius 3 is 2.83 bits per heavy atom. The van der Waals surface area contributed by atoms with Crippen LogP contribution < -0.4 is 5.32 Å². The molecule has 0 radical (unpaired) electrons. The minimum absolute atomic E-state index is 0.144. The van der Waals surface area contributed by atoms with E-state index < -0.39 is 0 Å². The molecular weight excluding hydrogens is 232 g/mol. The van der Waals surface area contributed by atoms with Crippen molar-refractivity contribution in [2.24, 2.45) is 0 Å². The highest BCUT2D eigenvalue weighted by Gasteiger charge is 2.09. The Morgan fingerprint density at radius 2 is 2.11 bits per heavy atom. The number of carbonyl (C=O) groups excluding carboxylic acids is 1. The van der Waals surface area contributed by atoms with Crippen molar-refractivity contribution in [3.05, 3.63) is 0 Å². The number of carbonyl (C=O) groups is 1. The number of hydrogen-bond acceptors (Lipinski definition) is 5. The molecule has 1 rings (SSSR count). The summed E-state index contributed by atoms with van der Waals surface area (Å²) in [5, 5.41) is 3.12. The normalized spacial score (nSPS) is 16.7. The number of rotatable bonds is 9. The number of unbranched alkanes of at least 4 members (excludes halogenated alkanes) is 1. The van der Waals surface area contributed by atoms with Gasteiger partial charge in [0.05, 0.1) is 26.4 Å². The lowest BCUT2D eigenvalue weighted by Crippen LogP contribution is -2.38. The number of ether oxygens (including phenoxy) is 2. The zero-order valence-electron chi connectivity index (χ0n) is 11.5. The molecule has 106 valence electrons. The summed E-state index contributed by atoms with van der Waals surface area (Å²) >= 11 is 0. The van der Waals surface area contributed by atoms with Crippen LogP contribution in [0.15, 0.2) is 0 Å². The zero-order chi connectivity index (χ0) is 13.1. The first kappa shape index (κ1) is 15.4. The Hall–Kier alpha value is -0.650. The second-order valence-corrected chi connectivity index (χ2v) is 4.56. The summed E-state index contributed by atoms with van der Waals surface area (Å²) in [4.78, 5) is 13.7. The van der Waals surface area contributed by atoms with E-state index in [-0.39, 0.29) is 5.97 Å². The van der Waals surface area contributed by atoms with Crippen LogP contribution >= 0.6 is 0 Å². The van der Waals surface area contributed by atoms with Crippen LogP contribution in [-0.4, -0.2) is 63.4 Å². The topological polar surface area (TPSA) is 50.8 Å². The predicted octanol–water partition coefficient (Wildman–Crippen LogP) is 0.642. The maximum absolute atomic E-state index is 11.3. The first-order valence-electron chi connectivity index (χ1n) is 6.99. The van der Waals surface area contributed by atoms with Crippen LogP contribution in [0.5, 0.6) is 0 Å². The Bertz CT molecular complexity index is 218. The molecule has 1 aliphatic heterocycles. The fourth-order valence-corrected chi connectivity index (χ4v) is 1.82. The first-order chi connectivity index (χ1) is 8.83. The molecule has 18 heavy (non-hydrogen) atoms. The van der Waals surface area contributed by atoms with Crippen molar-refractivity contribution in [1.82, 2.24) is 10.2 Å². The molecule has 0 aromatic carbocycles. The minimum Gasteiger partial charge on any atom is -0.465 e. The van der Waals surface area contributed by atoms with Crippen molar-refractivity contribution >= 4 is 5.97 Å². The largest absolute Gasteiger partial charge is 0.465 e. The molecule has 5 nitrogen and oxygen atoms in total. The summed E-state index contributed by atoms with van der Waals surface area (Å²) in [6, 6.07) is 0. The Balaban J connectivity index is 1.86. The van der Waals surface area contributed by atoms with Crippen LogP contribution in [0.4, 0.5) is 0 Å². The third kappa shape index (κ3) is 7.63. The molecule has 0 saturated carbocycles. The van der Waals surface area contributed by atoms with Crippen molar-refractivity contribution in [2.45, 2.75) is 26.2 Å². The predicted molar refractivity (Wildman–Crippen MR) is 70.6 cm³/mol. The maximum atomic E-state index is 11.3. The lowest BCUT2D eigenvalue weighted by molar-refractivity contribution is -0.142. The quantitative estimate of drug-likeness (QED) is 0.486. The second kappa shape index (κ2) is 10.3. The van der Waals surface area contributed by atoms with Gasteiger partial charge in [0.1, 0.15) is 0 Å². The molecule has 1 fully saturated rings. The SMILES string of the molecule is CCCCOC(=O)CNCCCN1CCOCC1. The second-order valence-electron chi connectivity index (χ2n) is 4.56. The van der Waals surface area contributed by atoms with Crippen molar-refractivity contribution in [1.29, 1.82) is 0 Å². The van der Waals surface area contributed by atoms with Gasteiger partial charge < -0.3 is 14.8 Å². The van der Waals surface area contributed by atoms with Crippen molar-refractivity contribution in [3.63, 3.8) is 0 Å². The molecular formula is C13H26N2O3. The lowest BCUT2D eigenvalue weighted by Gasteiger charge is -2.26. The third-order valence-corrected chi connectivity index (χ3v) is 2.96. The van der Waals surface area contributed by atoms with E-state index in [2.05, 4.69) is 17.1 Å². The summed E-state index contributed by atoms with van der Waals surface area (Å²) in [6.45, 7) is 8.63. The molecule has 0 aromatic rings. The standard InChI is InChI=1S/C13H26N2O3/c1-2-3-9-18-13(16)12-14-5-4-6-15-7-10-17-11-8-15/h14H,2-12H2,1H3. The average molecular weight is 258 g/mol. The first-order valence-corrected chi connectivity index (χ1v) is 6.99. The van der Waals surface area contributed by atoms with Gasteiger partial charge in [-0.3, -0.25) is 9.69 Å². The average Bonchev–Trinajstić information content (AvgIpc) is 2.40. The van der Waals surface area contributed by atoms with E-state index in [1.807, 2.05) is 0 Å². The van der Waals surface area contributed by atoms with E-state index in [4.69, 9.17) is 9.47 Å². The van der Waals surface area contributed by atoms with E-state index >= 15 is 0 Å². The highest BCUT2D eigenvalue weighted by atomic mass is 16.5. The van der Waals surface area contributed by atoms with E-state index in [0.717, 1.165) is 58.7 Å². The number of hydrogen-bond donors (Lipinski definition) is 1. The van der Waals surface area contributed by atoms with Gasteiger partial charge in [-0.15, -0.1) is 0 Å². The van der Waals surface area contributed by atoms with Gasteiger partial charge in [0.25, 0.3) is 0 Å². The monoisotopic (exact) mass is 258 g/mol. The molecule has 0 unspecified atom stereocenters. The highest BCUT2D eigenvalue weighted by Crippen LogP contribution is 1.97. The Labute approximate surface area is 110 Å². The van der Waals surface area contributed by atoms with Crippen LogP contribution in [0.1, 0.15) is 26.2 Å². The molecule has 0 amide bonds. The summed E-state index contributed by atoms with van der Waals surface area (Å²) in [6.07, 6.45) is 3.06. The molecule has 0 atom stereocenters. The summed E-state index contributed by atoms with van der Waals surface area (Å²) in [7, 11) is 0. The van der Waals surface area contributed by atoms with E-state index in [1.54, 1.807) is 0 Å². The van der Waals surface area contributed by atoms with Gasteiger partial charge in [0.2, 0.25) is 0 Å². The van der Waals surface area contributed by atoms with Gasteiger partial charge in [0, 0.05) is 13.1 Å². The summed E-state index contributed by atoms with van der Waals surface area (Å²) in [5.41, 5.74) is 0. The van der Waals surface area contributed by atoms with E-state index in [1.165, 1.54) is 0 Å². The molecule has 0 bridgehead atoms. The zero-order valence-corrected chi connectivity index (χ0v) is 11.5. The summed E-state index contributed by atoms with van der Waals surface area (Å²) < 4.78 is 10.3. The third-order valence-electron chi connectivity index (χ3n) is 2.96. The van der Waals surface area contributed by atoms with Gasteiger partial charge in [-0.25, -0.2) is 0 Å². The van der Waals surface area contributed by atoms with Gasteiger partial charge >= 0.3 is 5.97 Å². The number of nitrogens with one attached hydrogen (secondary N) is 1. The number of nitrogens with zero attached hydrogens (tertiary/aromatic N) is 1. The van der Waals surface area contributed by atoms with Crippen LogP contribution in [0.25, 0.3) is 0 Å². The fourth-order valence-electron chi connectivity index (χ4n) is 1.82. The minimum atomic E-state index is -0.144. The molecule has 5 heteroatoms. The molecule has 1 saturated heterocycles. The van der Waals surface area contributed by atoms with Crippen LogP contribution in [0.3, 0.4) is 0 Å². The molecule has 1 heterocycles. The Kier molecular flexibility index (Phi) is 8.81.